The van der Waals surface area contributed by atoms with Gasteiger partial charge in [-0.05, 0) is 37.2 Å². The van der Waals surface area contributed by atoms with Crippen molar-refractivity contribution in [2.24, 2.45) is 0 Å². The van der Waals surface area contributed by atoms with Crippen molar-refractivity contribution in [1.82, 2.24) is 10.3 Å². The fraction of sp³-hybridized carbons (Fsp3) is 0.267. The number of rotatable bonds is 5. The van der Waals surface area contributed by atoms with Crippen molar-refractivity contribution in [1.29, 1.82) is 0 Å². The van der Waals surface area contributed by atoms with E-state index in [9.17, 15) is 8.78 Å². The van der Waals surface area contributed by atoms with Crippen LogP contribution in [0.15, 0.2) is 36.5 Å². The van der Waals surface area contributed by atoms with Crippen LogP contribution in [0.2, 0.25) is 5.02 Å². The van der Waals surface area contributed by atoms with Gasteiger partial charge in [-0.3, -0.25) is 4.98 Å². The van der Waals surface area contributed by atoms with Crippen LogP contribution < -0.4 is 5.32 Å². The van der Waals surface area contributed by atoms with Crippen molar-refractivity contribution in [3.8, 4) is 0 Å². The van der Waals surface area contributed by atoms with Gasteiger partial charge in [-0.25, -0.2) is 8.78 Å². The molecular weight excluding hydrogens is 282 g/mol. The van der Waals surface area contributed by atoms with E-state index in [1.165, 1.54) is 12.1 Å². The predicted molar refractivity (Wildman–Crippen MR) is 75.7 cm³/mol. The molecule has 2 rings (SSSR count). The van der Waals surface area contributed by atoms with Gasteiger partial charge in [-0.15, -0.1) is 0 Å². The van der Waals surface area contributed by atoms with Gasteiger partial charge in [0, 0.05) is 10.6 Å². The lowest BCUT2D eigenvalue weighted by molar-refractivity contribution is 0.515. The number of hydrogen-bond donors (Lipinski definition) is 1. The lowest BCUT2D eigenvalue weighted by Crippen LogP contribution is -2.24. The van der Waals surface area contributed by atoms with Crippen molar-refractivity contribution in [3.05, 3.63) is 64.4 Å². The summed E-state index contributed by atoms with van der Waals surface area (Å²) >= 11 is 6.04. The van der Waals surface area contributed by atoms with Crippen molar-refractivity contribution in [2.75, 3.05) is 6.54 Å². The molecule has 0 aliphatic carbocycles. The zero-order valence-electron chi connectivity index (χ0n) is 11.0. The minimum Gasteiger partial charge on any atom is -0.309 e. The average Bonchev–Trinajstić information content (AvgIpc) is 2.43. The molecule has 0 aliphatic heterocycles. The van der Waals surface area contributed by atoms with E-state index in [0.29, 0.717) is 29.2 Å². The normalized spacial score (nSPS) is 12.4. The van der Waals surface area contributed by atoms with E-state index in [4.69, 9.17) is 11.6 Å². The van der Waals surface area contributed by atoms with Gasteiger partial charge >= 0.3 is 0 Å². The van der Waals surface area contributed by atoms with Gasteiger partial charge in [0.1, 0.15) is 11.6 Å². The first kappa shape index (κ1) is 14.9. The molecule has 5 heteroatoms. The third-order valence-corrected chi connectivity index (χ3v) is 3.38. The Bertz CT molecular complexity index is 552. The second kappa shape index (κ2) is 6.77. The molecule has 1 aromatic carbocycles. The molecule has 0 saturated heterocycles. The topological polar surface area (TPSA) is 24.9 Å². The van der Waals surface area contributed by atoms with Gasteiger partial charge in [0.05, 0.1) is 17.9 Å². The van der Waals surface area contributed by atoms with Crippen LogP contribution in [0.25, 0.3) is 0 Å². The Morgan fingerprint density at radius 1 is 1.25 bits per heavy atom. The zero-order valence-corrected chi connectivity index (χ0v) is 11.8. The fourth-order valence-electron chi connectivity index (χ4n) is 2.05. The van der Waals surface area contributed by atoms with Crippen molar-refractivity contribution in [3.63, 3.8) is 0 Å². The van der Waals surface area contributed by atoms with Crippen LogP contribution in [-0.4, -0.2) is 11.5 Å². The van der Waals surface area contributed by atoms with E-state index in [1.807, 2.05) is 6.92 Å². The van der Waals surface area contributed by atoms with E-state index in [-0.39, 0.29) is 11.9 Å². The Morgan fingerprint density at radius 3 is 2.65 bits per heavy atom. The van der Waals surface area contributed by atoms with Crippen molar-refractivity contribution in [2.45, 2.75) is 19.4 Å². The Balaban J connectivity index is 2.28. The molecule has 0 fully saturated rings. The van der Waals surface area contributed by atoms with Crippen LogP contribution in [0.1, 0.15) is 24.2 Å². The highest BCUT2D eigenvalue weighted by atomic mass is 35.5. The second-order valence-corrected chi connectivity index (χ2v) is 4.82. The van der Waals surface area contributed by atoms with Gasteiger partial charge in [0.25, 0.3) is 0 Å². The fourth-order valence-corrected chi connectivity index (χ4v) is 2.29. The van der Waals surface area contributed by atoms with E-state index >= 15 is 0 Å². The lowest BCUT2D eigenvalue weighted by atomic mass is 10.0. The number of aromatic nitrogens is 1. The van der Waals surface area contributed by atoms with Gasteiger partial charge in [-0.2, -0.15) is 0 Å². The quantitative estimate of drug-likeness (QED) is 0.905. The van der Waals surface area contributed by atoms with Crippen LogP contribution in [-0.2, 0) is 6.42 Å². The van der Waals surface area contributed by atoms with Crippen LogP contribution in [0.5, 0.6) is 0 Å². The highest BCUT2D eigenvalue weighted by molar-refractivity contribution is 6.31. The Hall–Kier alpha value is -1.52. The molecule has 0 radical (unpaired) electrons. The number of nitrogens with zero attached hydrogens (tertiary/aromatic N) is 1. The molecule has 1 unspecified atom stereocenters. The van der Waals surface area contributed by atoms with Crippen LogP contribution in [0.4, 0.5) is 8.78 Å². The lowest BCUT2D eigenvalue weighted by Gasteiger charge is -2.18. The summed E-state index contributed by atoms with van der Waals surface area (Å²) in [4.78, 5) is 4.05. The number of pyridine rings is 1. The van der Waals surface area contributed by atoms with E-state index in [1.54, 1.807) is 18.2 Å². The summed E-state index contributed by atoms with van der Waals surface area (Å²) in [6.07, 6.45) is 1.51. The van der Waals surface area contributed by atoms with E-state index < -0.39 is 5.82 Å². The molecule has 0 aliphatic rings. The number of benzene rings is 1. The van der Waals surface area contributed by atoms with Crippen LogP contribution in [0, 0.1) is 11.6 Å². The number of nitrogens with one attached hydrogen (secondary N) is 1. The molecule has 0 spiro atoms. The molecule has 1 N–H and O–H groups in total. The van der Waals surface area contributed by atoms with E-state index in [0.717, 1.165) is 6.20 Å². The molecule has 2 aromatic rings. The largest absolute Gasteiger partial charge is 0.309 e. The maximum absolute atomic E-state index is 13.8. The molecule has 2 nitrogen and oxygen atoms in total. The Labute approximate surface area is 121 Å². The SMILES string of the molecule is CCNC(Cc1c(F)cccc1Cl)c1ccc(F)cn1. The highest BCUT2D eigenvalue weighted by Crippen LogP contribution is 2.25. The summed E-state index contributed by atoms with van der Waals surface area (Å²) < 4.78 is 26.8. The van der Waals surface area contributed by atoms with Gasteiger partial charge < -0.3 is 5.32 Å². The summed E-state index contributed by atoms with van der Waals surface area (Å²) in [6, 6.07) is 7.32. The molecule has 0 saturated carbocycles. The molecule has 0 amide bonds. The second-order valence-electron chi connectivity index (χ2n) is 4.42. The van der Waals surface area contributed by atoms with Crippen molar-refractivity contribution >= 4 is 11.6 Å². The van der Waals surface area contributed by atoms with E-state index in [2.05, 4.69) is 10.3 Å². The van der Waals surface area contributed by atoms with Crippen LogP contribution >= 0.6 is 11.6 Å². The molecular formula is C15H15ClF2N2. The molecule has 20 heavy (non-hydrogen) atoms. The summed E-state index contributed by atoms with van der Waals surface area (Å²) in [5.41, 5.74) is 1.10. The summed E-state index contributed by atoms with van der Waals surface area (Å²) in [5, 5.41) is 3.60. The molecule has 1 aromatic heterocycles. The first-order valence-electron chi connectivity index (χ1n) is 6.39. The summed E-state index contributed by atoms with van der Waals surface area (Å²) in [5.74, 6) is -0.740. The Kier molecular flexibility index (Phi) is 5.04. The van der Waals surface area contributed by atoms with Gasteiger partial charge in [0.2, 0.25) is 0 Å². The highest BCUT2D eigenvalue weighted by Gasteiger charge is 2.17. The standard InChI is InChI=1S/C15H15ClF2N2/c1-2-19-15(14-7-6-10(17)9-20-14)8-11-12(16)4-3-5-13(11)18/h3-7,9,15,19H,2,8H2,1H3. The third-order valence-electron chi connectivity index (χ3n) is 3.03. The molecule has 0 bridgehead atoms. The minimum absolute atomic E-state index is 0.213. The van der Waals surface area contributed by atoms with Gasteiger partial charge in [0.15, 0.2) is 0 Å². The number of hydrogen-bond acceptors (Lipinski definition) is 2. The molecule has 1 heterocycles. The first-order chi connectivity index (χ1) is 9.61. The smallest absolute Gasteiger partial charge is 0.141 e. The maximum Gasteiger partial charge on any atom is 0.141 e. The minimum atomic E-state index is -0.395. The number of likely N-dealkylation sites (N-methyl/N-ethyl adjacent to an activating group) is 1. The Morgan fingerprint density at radius 2 is 2.05 bits per heavy atom. The van der Waals surface area contributed by atoms with Gasteiger partial charge in [-0.1, -0.05) is 24.6 Å². The third kappa shape index (κ3) is 3.52. The van der Waals surface area contributed by atoms with Crippen molar-refractivity contribution < 1.29 is 8.78 Å². The predicted octanol–water partition coefficient (Wildman–Crippen LogP) is 3.91. The average molecular weight is 297 g/mol. The number of halogens is 3. The monoisotopic (exact) mass is 296 g/mol. The first-order valence-corrected chi connectivity index (χ1v) is 6.77. The zero-order chi connectivity index (χ0) is 14.5. The van der Waals surface area contributed by atoms with Crippen LogP contribution in [0.3, 0.4) is 0 Å². The summed E-state index contributed by atoms with van der Waals surface area (Å²) in [6.45, 7) is 2.63. The molecule has 106 valence electrons. The molecule has 1 atom stereocenters. The summed E-state index contributed by atoms with van der Waals surface area (Å²) in [7, 11) is 0. The maximum atomic E-state index is 13.8.